The molecule has 9 heteroatoms. The Kier molecular flexibility index (Phi) is 7.43. The predicted molar refractivity (Wildman–Crippen MR) is 130 cm³/mol. The van der Waals surface area contributed by atoms with E-state index in [1.54, 1.807) is 24.3 Å². The van der Waals surface area contributed by atoms with Crippen molar-refractivity contribution < 1.29 is 17.5 Å². The van der Waals surface area contributed by atoms with Gasteiger partial charge in [0.15, 0.2) is 5.16 Å². The molecule has 1 atom stereocenters. The quantitative estimate of drug-likeness (QED) is 0.395. The summed E-state index contributed by atoms with van der Waals surface area (Å²) < 4.78 is 49.2. The van der Waals surface area contributed by atoms with Crippen LogP contribution in [0.5, 0.6) is 0 Å². The van der Waals surface area contributed by atoms with Crippen LogP contribution in [-0.2, 0) is 27.1 Å². The van der Waals surface area contributed by atoms with E-state index in [1.807, 2.05) is 26.8 Å². The summed E-state index contributed by atoms with van der Waals surface area (Å²) in [5.41, 5.74) is 3.46. The minimum atomic E-state index is -3.57. The Bertz CT molecular complexity index is 1230. The van der Waals surface area contributed by atoms with Crippen LogP contribution in [0.1, 0.15) is 37.8 Å². The van der Waals surface area contributed by atoms with Crippen molar-refractivity contribution in [2.45, 2.75) is 62.1 Å². The highest BCUT2D eigenvalue weighted by molar-refractivity contribution is 7.98. The van der Waals surface area contributed by atoms with Crippen LogP contribution in [0.15, 0.2) is 46.5 Å². The molecule has 0 bridgehead atoms. The Labute approximate surface area is 199 Å². The fraction of sp³-hybridized carbons (Fsp3) is 0.458. The highest BCUT2D eigenvalue weighted by Gasteiger charge is 2.24. The molecular weight excluding hydrogens is 461 g/mol. The molecule has 0 aliphatic carbocycles. The van der Waals surface area contributed by atoms with Crippen LogP contribution >= 0.6 is 11.8 Å². The number of sulfonamides is 1. The van der Waals surface area contributed by atoms with Crippen molar-refractivity contribution >= 4 is 32.8 Å². The predicted octanol–water partition coefficient (Wildman–Crippen LogP) is 4.99. The third-order valence-corrected chi connectivity index (χ3v) is 9.18. The zero-order chi connectivity index (χ0) is 23.6. The van der Waals surface area contributed by atoms with E-state index in [-0.39, 0.29) is 16.8 Å². The van der Waals surface area contributed by atoms with Gasteiger partial charge in [0.05, 0.1) is 28.6 Å². The number of thioether (sulfide) groups is 1. The van der Waals surface area contributed by atoms with Gasteiger partial charge in [0.1, 0.15) is 5.82 Å². The maximum Gasteiger partial charge on any atom is 0.243 e. The van der Waals surface area contributed by atoms with Gasteiger partial charge in [-0.25, -0.2) is 17.8 Å². The van der Waals surface area contributed by atoms with E-state index in [9.17, 15) is 12.8 Å². The summed E-state index contributed by atoms with van der Waals surface area (Å²) >= 11 is 1.53. The van der Waals surface area contributed by atoms with E-state index in [0.29, 0.717) is 30.9 Å². The van der Waals surface area contributed by atoms with Crippen molar-refractivity contribution in [1.82, 2.24) is 13.9 Å². The molecule has 2 heterocycles. The van der Waals surface area contributed by atoms with Crippen molar-refractivity contribution in [3.8, 4) is 0 Å². The maximum absolute atomic E-state index is 13.8. The highest BCUT2D eigenvalue weighted by atomic mass is 32.2. The molecule has 2 aromatic carbocycles. The fourth-order valence-corrected chi connectivity index (χ4v) is 6.74. The number of ether oxygens (including phenoxy) is 1. The van der Waals surface area contributed by atoms with Gasteiger partial charge < -0.3 is 9.30 Å². The fourth-order valence-electron chi connectivity index (χ4n) is 4.18. The van der Waals surface area contributed by atoms with E-state index in [2.05, 4.69) is 4.57 Å². The van der Waals surface area contributed by atoms with Crippen LogP contribution in [0.3, 0.4) is 0 Å². The van der Waals surface area contributed by atoms with Gasteiger partial charge >= 0.3 is 0 Å². The van der Waals surface area contributed by atoms with Crippen molar-refractivity contribution in [2.75, 3.05) is 19.7 Å². The summed E-state index contributed by atoms with van der Waals surface area (Å²) in [6.45, 7) is 7.88. The molecule has 33 heavy (non-hydrogen) atoms. The Hall–Kier alpha value is -1.94. The zero-order valence-corrected chi connectivity index (χ0v) is 20.9. The molecule has 1 aromatic heterocycles. The first-order valence-electron chi connectivity index (χ1n) is 11.3. The third-order valence-electron chi connectivity index (χ3n) is 6.11. The SMILES string of the molecule is CCN(CC)S(=O)(=O)c1ccc2c(c1)nc(SCc1cc(F)ccc1C)n2CC1CCCO1. The number of aromatic nitrogens is 2. The number of benzene rings is 2. The standard InChI is InChI=1S/C24H30FN3O3S2/c1-4-27(5-2)33(29,30)21-10-11-23-22(14-21)26-24(28(23)15-20-7-6-12-31-20)32-16-18-13-19(25)9-8-17(18)3/h8-11,13-14,20H,4-7,12,15-16H2,1-3H3. The van der Waals surface area contributed by atoms with E-state index in [0.717, 1.165) is 41.2 Å². The molecule has 1 aliphatic rings. The van der Waals surface area contributed by atoms with Crippen molar-refractivity contribution in [1.29, 1.82) is 0 Å². The van der Waals surface area contributed by atoms with E-state index < -0.39 is 10.0 Å². The van der Waals surface area contributed by atoms with Crippen LogP contribution in [-0.4, -0.2) is 48.1 Å². The first kappa shape index (κ1) is 24.2. The second kappa shape index (κ2) is 10.1. The topological polar surface area (TPSA) is 64.4 Å². The molecule has 0 amide bonds. The molecule has 0 N–H and O–H groups in total. The summed E-state index contributed by atoms with van der Waals surface area (Å²) in [7, 11) is -3.57. The molecule has 1 saturated heterocycles. The number of halogens is 1. The molecule has 0 saturated carbocycles. The second-order valence-electron chi connectivity index (χ2n) is 8.24. The lowest BCUT2D eigenvalue weighted by molar-refractivity contribution is 0.0960. The zero-order valence-electron chi connectivity index (χ0n) is 19.3. The summed E-state index contributed by atoms with van der Waals surface area (Å²) in [6, 6.07) is 9.97. The van der Waals surface area contributed by atoms with Crippen LogP contribution in [0.4, 0.5) is 4.39 Å². The number of fused-ring (bicyclic) bond motifs is 1. The maximum atomic E-state index is 13.8. The van der Waals surface area contributed by atoms with E-state index >= 15 is 0 Å². The lowest BCUT2D eigenvalue weighted by atomic mass is 10.1. The Morgan fingerprint density at radius 2 is 2.00 bits per heavy atom. The average Bonchev–Trinajstić information content (AvgIpc) is 3.43. The minimum absolute atomic E-state index is 0.108. The van der Waals surface area contributed by atoms with Gasteiger partial charge in [-0.1, -0.05) is 31.7 Å². The highest BCUT2D eigenvalue weighted by Crippen LogP contribution is 2.31. The number of imidazole rings is 1. The normalized spacial score (nSPS) is 16.8. The minimum Gasteiger partial charge on any atom is -0.376 e. The Morgan fingerprint density at radius 1 is 1.21 bits per heavy atom. The van der Waals surface area contributed by atoms with Crippen LogP contribution in [0, 0.1) is 12.7 Å². The van der Waals surface area contributed by atoms with Crippen molar-refractivity contribution in [3.63, 3.8) is 0 Å². The van der Waals surface area contributed by atoms with E-state index in [1.165, 1.54) is 22.1 Å². The smallest absolute Gasteiger partial charge is 0.243 e. The monoisotopic (exact) mass is 491 g/mol. The number of hydrogen-bond acceptors (Lipinski definition) is 5. The second-order valence-corrected chi connectivity index (χ2v) is 11.1. The van der Waals surface area contributed by atoms with Crippen LogP contribution in [0.25, 0.3) is 11.0 Å². The van der Waals surface area contributed by atoms with Gasteiger partial charge in [-0.15, -0.1) is 0 Å². The van der Waals surface area contributed by atoms with Crippen molar-refractivity contribution in [3.05, 3.63) is 53.3 Å². The summed E-state index contributed by atoms with van der Waals surface area (Å²) in [5, 5.41) is 0.779. The van der Waals surface area contributed by atoms with Gasteiger partial charge in [-0.2, -0.15) is 4.31 Å². The largest absolute Gasteiger partial charge is 0.376 e. The van der Waals surface area contributed by atoms with Crippen molar-refractivity contribution in [2.24, 2.45) is 0 Å². The summed E-state index contributed by atoms with van der Waals surface area (Å²) in [5.74, 6) is 0.318. The first-order valence-corrected chi connectivity index (χ1v) is 13.8. The van der Waals surface area contributed by atoms with Gasteiger partial charge in [0.25, 0.3) is 0 Å². The van der Waals surface area contributed by atoms with E-state index in [4.69, 9.17) is 9.72 Å². The Morgan fingerprint density at radius 3 is 2.70 bits per heavy atom. The molecular formula is C24H30FN3O3S2. The summed E-state index contributed by atoms with van der Waals surface area (Å²) in [6.07, 6.45) is 2.13. The molecule has 1 aliphatic heterocycles. The average molecular weight is 492 g/mol. The molecule has 3 aromatic rings. The van der Waals surface area contributed by atoms with Gasteiger partial charge in [-0.3, -0.25) is 0 Å². The molecule has 0 radical (unpaired) electrons. The first-order chi connectivity index (χ1) is 15.8. The van der Waals surface area contributed by atoms with Gasteiger partial charge in [0, 0.05) is 25.4 Å². The van der Waals surface area contributed by atoms with Gasteiger partial charge in [0.2, 0.25) is 10.0 Å². The van der Waals surface area contributed by atoms with Crippen LogP contribution in [0.2, 0.25) is 0 Å². The molecule has 1 fully saturated rings. The third kappa shape index (κ3) is 5.11. The van der Waals surface area contributed by atoms with Crippen LogP contribution < -0.4 is 0 Å². The number of hydrogen-bond donors (Lipinski definition) is 0. The number of aryl methyl sites for hydroxylation is 1. The molecule has 0 spiro atoms. The lowest BCUT2D eigenvalue weighted by Crippen LogP contribution is -2.30. The number of nitrogens with zero attached hydrogens (tertiary/aromatic N) is 3. The molecule has 1 unspecified atom stereocenters. The molecule has 6 nitrogen and oxygen atoms in total. The molecule has 178 valence electrons. The number of rotatable bonds is 9. The summed E-state index contributed by atoms with van der Waals surface area (Å²) in [4.78, 5) is 5.05. The lowest BCUT2D eigenvalue weighted by Gasteiger charge is -2.18. The molecule has 4 rings (SSSR count). The van der Waals surface area contributed by atoms with Gasteiger partial charge in [-0.05, 0) is 61.2 Å². The Balaban J connectivity index is 1.71.